The summed E-state index contributed by atoms with van der Waals surface area (Å²) in [6.07, 6.45) is 6.82. The molecule has 0 aliphatic rings. The minimum atomic E-state index is -0.806. The number of rotatable bonds is 13. The molecule has 0 rings (SSSR count). The lowest BCUT2D eigenvalue weighted by Gasteiger charge is -2.31. The third kappa shape index (κ3) is 7.85. The first-order valence-corrected chi connectivity index (χ1v) is 8.07. The molecule has 0 aromatic rings. The van der Waals surface area contributed by atoms with Gasteiger partial charge in [-0.15, -0.1) is 0 Å². The van der Waals surface area contributed by atoms with Crippen molar-refractivity contribution in [2.45, 2.75) is 84.2 Å². The van der Waals surface area contributed by atoms with Crippen LogP contribution < -0.4 is 5.32 Å². The molecular formula is C16H33NO3. The highest BCUT2D eigenvalue weighted by Crippen LogP contribution is 2.19. The van der Waals surface area contributed by atoms with E-state index in [0.717, 1.165) is 19.4 Å². The fourth-order valence-electron chi connectivity index (χ4n) is 2.43. The van der Waals surface area contributed by atoms with E-state index in [1.165, 1.54) is 19.3 Å². The molecule has 0 radical (unpaired) electrons. The highest BCUT2D eigenvalue weighted by atomic mass is 16.5. The second kappa shape index (κ2) is 11.1. The van der Waals surface area contributed by atoms with Crippen LogP contribution in [0, 0.1) is 0 Å². The zero-order valence-electron chi connectivity index (χ0n) is 13.7. The molecule has 120 valence electrons. The van der Waals surface area contributed by atoms with Gasteiger partial charge in [-0.2, -0.15) is 0 Å². The minimum Gasteiger partial charge on any atom is -0.480 e. The molecule has 0 saturated heterocycles. The fourth-order valence-corrected chi connectivity index (χ4v) is 2.43. The SMILES string of the molecule is CCCCCCOCCCC(CC)(NC(C)C)C(=O)O. The number of hydrogen-bond acceptors (Lipinski definition) is 3. The summed E-state index contributed by atoms with van der Waals surface area (Å²) < 4.78 is 5.58. The molecular weight excluding hydrogens is 254 g/mol. The maximum absolute atomic E-state index is 11.5. The second-order valence-electron chi connectivity index (χ2n) is 5.82. The fraction of sp³-hybridized carbons (Fsp3) is 0.938. The maximum Gasteiger partial charge on any atom is 0.323 e. The van der Waals surface area contributed by atoms with Crippen molar-refractivity contribution in [1.29, 1.82) is 0 Å². The van der Waals surface area contributed by atoms with Gasteiger partial charge in [0, 0.05) is 19.3 Å². The van der Waals surface area contributed by atoms with E-state index in [0.29, 0.717) is 19.4 Å². The molecule has 0 aromatic carbocycles. The lowest BCUT2D eigenvalue weighted by Crippen LogP contribution is -2.54. The predicted octanol–water partition coefficient (Wildman–Crippen LogP) is 3.59. The Morgan fingerprint density at radius 1 is 1.15 bits per heavy atom. The van der Waals surface area contributed by atoms with Gasteiger partial charge in [0.15, 0.2) is 0 Å². The number of carbonyl (C=O) groups is 1. The Hall–Kier alpha value is -0.610. The molecule has 0 bridgehead atoms. The number of aliphatic carboxylic acids is 1. The molecule has 0 amide bonds. The van der Waals surface area contributed by atoms with Gasteiger partial charge >= 0.3 is 5.97 Å². The molecule has 4 nitrogen and oxygen atoms in total. The Bertz CT molecular complexity index is 256. The summed E-state index contributed by atoms with van der Waals surface area (Å²) in [4.78, 5) is 11.5. The highest BCUT2D eigenvalue weighted by Gasteiger charge is 2.36. The van der Waals surface area contributed by atoms with E-state index in [2.05, 4.69) is 12.2 Å². The van der Waals surface area contributed by atoms with Crippen LogP contribution in [-0.4, -0.2) is 35.9 Å². The molecule has 1 unspecified atom stereocenters. The number of hydrogen-bond donors (Lipinski definition) is 2. The van der Waals surface area contributed by atoms with Gasteiger partial charge in [-0.25, -0.2) is 0 Å². The Kier molecular flexibility index (Phi) is 10.8. The van der Waals surface area contributed by atoms with Crippen molar-refractivity contribution in [1.82, 2.24) is 5.32 Å². The minimum absolute atomic E-state index is 0.168. The van der Waals surface area contributed by atoms with E-state index in [9.17, 15) is 9.90 Å². The average molecular weight is 287 g/mol. The molecule has 0 aliphatic heterocycles. The van der Waals surface area contributed by atoms with E-state index < -0.39 is 11.5 Å². The monoisotopic (exact) mass is 287 g/mol. The van der Waals surface area contributed by atoms with Gasteiger partial charge < -0.3 is 9.84 Å². The summed E-state index contributed by atoms with van der Waals surface area (Å²) in [6.45, 7) is 9.54. The molecule has 1 atom stereocenters. The van der Waals surface area contributed by atoms with E-state index in [4.69, 9.17) is 4.74 Å². The largest absolute Gasteiger partial charge is 0.480 e. The maximum atomic E-state index is 11.5. The molecule has 20 heavy (non-hydrogen) atoms. The normalized spacial score (nSPS) is 14.4. The zero-order valence-corrected chi connectivity index (χ0v) is 13.7. The Morgan fingerprint density at radius 2 is 1.80 bits per heavy atom. The second-order valence-corrected chi connectivity index (χ2v) is 5.82. The van der Waals surface area contributed by atoms with Crippen LogP contribution >= 0.6 is 0 Å². The van der Waals surface area contributed by atoms with Gasteiger partial charge in [-0.3, -0.25) is 10.1 Å². The molecule has 0 spiro atoms. The van der Waals surface area contributed by atoms with Crippen molar-refractivity contribution < 1.29 is 14.6 Å². The average Bonchev–Trinajstić information content (AvgIpc) is 2.39. The summed E-state index contributed by atoms with van der Waals surface area (Å²) in [6, 6.07) is 0.168. The van der Waals surface area contributed by atoms with Crippen LogP contribution in [0.2, 0.25) is 0 Å². The van der Waals surface area contributed by atoms with E-state index in [1.807, 2.05) is 20.8 Å². The van der Waals surface area contributed by atoms with Crippen molar-refractivity contribution in [3.05, 3.63) is 0 Å². The van der Waals surface area contributed by atoms with Crippen molar-refractivity contribution in [2.75, 3.05) is 13.2 Å². The summed E-state index contributed by atoms with van der Waals surface area (Å²) in [5, 5.41) is 12.7. The molecule has 4 heteroatoms. The van der Waals surface area contributed by atoms with Gasteiger partial charge in [0.2, 0.25) is 0 Å². The van der Waals surface area contributed by atoms with E-state index in [-0.39, 0.29) is 6.04 Å². The summed E-state index contributed by atoms with van der Waals surface area (Å²) in [5.74, 6) is -0.753. The standard InChI is InChI=1S/C16H33NO3/c1-5-7-8-9-12-20-13-10-11-16(6-2,15(18)19)17-14(3)4/h14,17H,5-13H2,1-4H3,(H,18,19). The first-order valence-electron chi connectivity index (χ1n) is 8.07. The summed E-state index contributed by atoms with van der Waals surface area (Å²) >= 11 is 0. The first-order chi connectivity index (χ1) is 9.48. The van der Waals surface area contributed by atoms with Gasteiger partial charge in [0.1, 0.15) is 5.54 Å². The first kappa shape index (κ1) is 19.4. The number of carboxylic acid groups (broad SMARTS) is 1. The summed E-state index contributed by atoms with van der Waals surface area (Å²) in [5.41, 5.74) is -0.806. The number of nitrogens with one attached hydrogen (secondary N) is 1. The van der Waals surface area contributed by atoms with Crippen LogP contribution in [0.4, 0.5) is 0 Å². The van der Waals surface area contributed by atoms with Crippen molar-refractivity contribution in [3.63, 3.8) is 0 Å². The van der Waals surface area contributed by atoms with Crippen molar-refractivity contribution in [3.8, 4) is 0 Å². The Morgan fingerprint density at radius 3 is 2.30 bits per heavy atom. The quantitative estimate of drug-likeness (QED) is 0.508. The van der Waals surface area contributed by atoms with E-state index >= 15 is 0 Å². The number of ether oxygens (including phenoxy) is 1. The zero-order chi connectivity index (χ0) is 15.4. The van der Waals surface area contributed by atoms with Crippen LogP contribution in [0.15, 0.2) is 0 Å². The third-order valence-corrected chi connectivity index (χ3v) is 3.61. The lowest BCUT2D eigenvalue weighted by molar-refractivity contribution is -0.146. The number of carboxylic acids is 1. The molecule has 0 aromatic heterocycles. The molecule has 0 aliphatic carbocycles. The Balaban J connectivity index is 3.94. The number of unbranched alkanes of at least 4 members (excludes halogenated alkanes) is 3. The Labute approximate surface area is 124 Å². The van der Waals surface area contributed by atoms with E-state index in [1.54, 1.807) is 0 Å². The van der Waals surface area contributed by atoms with Gasteiger partial charge in [-0.05, 0) is 39.5 Å². The van der Waals surface area contributed by atoms with Crippen LogP contribution in [0.1, 0.15) is 72.6 Å². The van der Waals surface area contributed by atoms with Crippen LogP contribution in [0.25, 0.3) is 0 Å². The van der Waals surface area contributed by atoms with Gasteiger partial charge in [0.05, 0.1) is 0 Å². The predicted molar refractivity (Wildman–Crippen MR) is 83.1 cm³/mol. The van der Waals surface area contributed by atoms with Gasteiger partial charge in [0.25, 0.3) is 0 Å². The molecule has 0 fully saturated rings. The van der Waals surface area contributed by atoms with Crippen LogP contribution in [0.3, 0.4) is 0 Å². The smallest absolute Gasteiger partial charge is 0.323 e. The summed E-state index contributed by atoms with van der Waals surface area (Å²) in [7, 11) is 0. The third-order valence-electron chi connectivity index (χ3n) is 3.61. The van der Waals surface area contributed by atoms with Crippen molar-refractivity contribution >= 4 is 5.97 Å². The molecule has 0 heterocycles. The van der Waals surface area contributed by atoms with Crippen molar-refractivity contribution in [2.24, 2.45) is 0 Å². The topological polar surface area (TPSA) is 58.6 Å². The molecule has 2 N–H and O–H groups in total. The highest BCUT2D eigenvalue weighted by molar-refractivity contribution is 5.78. The van der Waals surface area contributed by atoms with Gasteiger partial charge in [-0.1, -0.05) is 33.1 Å². The molecule has 0 saturated carbocycles. The van der Waals surface area contributed by atoms with Crippen LogP contribution in [-0.2, 0) is 9.53 Å². The van der Waals surface area contributed by atoms with Crippen LogP contribution in [0.5, 0.6) is 0 Å². The lowest BCUT2D eigenvalue weighted by atomic mass is 9.89.